The zero-order valence-corrected chi connectivity index (χ0v) is 14.4. The lowest BCUT2D eigenvalue weighted by Crippen LogP contribution is -2.52. The van der Waals surface area contributed by atoms with Crippen molar-refractivity contribution in [2.75, 3.05) is 25.5 Å². The molecule has 2 fully saturated rings. The van der Waals surface area contributed by atoms with Gasteiger partial charge in [0, 0.05) is 37.6 Å². The van der Waals surface area contributed by atoms with Crippen LogP contribution in [0.1, 0.15) is 49.0 Å². The predicted molar refractivity (Wildman–Crippen MR) is 92.0 cm³/mol. The molecule has 6 nitrogen and oxygen atoms in total. The number of hydrogen-bond donors (Lipinski definition) is 3. The number of rotatable bonds is 4. The zero-order chi connectivity index (χ0) is 16.2. The van der Waals surface area contributed by atoms with Gasteiger partial charge in [-0.1, -0.05) is 12.8 Å². The number of thiazole rings is 1. The fraction of sp³-hybridized carbons (Fsp3) is 0.750. The monoisotopic (exact) mass is 338 g/mol. The van der Waals surface area contributed by atoms with E-state index in [0.29, 0.717) is 11.7 Å². The number of aliphatic hydroxyl groups is 1. The number of aromatic nitrogens is 1. The predicted octanol–water partition coefficient (Wildman–Crippen LogP) is 1.68. The van der Waals surface area contributed by atoms with Crippen LogP contribution in [0.2, 0.25) is 0 Å². The smallest absolute Gasteiger partial charge is 0.271 e. The normalized spacial score (nSPS) is 26.9. The Bertz CT molecular complexity index is 528. The van der Waals surface area contributed by atoms with Crippen molar-refractivity contribution in [1.29, 1.82) is 0 Å². The molecule has 1 aliphatic heterocycles. The fourth-order valence-electron chi connectivity index (χ4n) is 3.65. The van der Waals surface area contributed by atoms with Crippen LogP contribution < -0.4 is 10.6 Å². The third kappa shape index (κ3) is 4.02. The van der Waals surface area contributed by atoms with E-state index in [1.807, 2.05) is 0 Å². The summed E-state index contributed by atoms with van der Waals surface area (Å²) in [5.74, 6) is -0.0844. The molecule has 2 heterocycles. The molecule has 1 saturated heterocycles. The molecule has 0 spiro atoms. The quantitative estimate of drug-likeness (QED) is 0.779. The van der Waals surface area contributed by atoms with Gasteiger partial charge in [0.05, 0.1) is 6.10 Å². The summed E-state index contributed by atoms with van der Waals surface area (Å²) in [6.45, 7) is 1.90. The molecular weight excluding hydrogens is 312 g/mol. The molecule has 1 aromatic rings. The van der Waals surface area contributed by atoms with Gasteiger partial charge in [-0.05, 0) is 25.7 Å². The minimum absolute atomic E-state index is 0.0844. The Kier molecular flexibility index (Phi) is 5.50. The molecule has 2 unspecified atom stereocenters. The van der Waals surface area contributed by atoms with Crippen LogP contribution in [0.25, 0.3) is 0 Å². The van der Waals surface area contributed by atoms with Gasteiger partial charge in [-0.2, -0.15) is 0 Å². The van der Waals surface area contributed by atoms with Crippen molar-refractivity contribution in [2.24, 2.45) is 0 Å². The number of carbonyl (C=O) groups is 1. The Labute approximate surface area is 141 Å². The Morgan fingerprint density at radius 2 is 2.04 bits per heavy atom. The molecule has 128 valence electrons. The summed E-state index contributed by atoms with van der Waals surface area (Å²) < 4.78 is 0. The minimum Gasteiger partial charge on any atom is -0.391 e. The van der Waals surface area contributed by atoms with Crippen LogP contribution in [-0.2, 0) is 0 Å². The maximum Gasteiger partial charge on any atom is 0.271 e. The number of nitrogens with zero attached hydrogens (tertiary/aromatic N) is 2. The summed E-state index contributed by atoms with van der Waals surface area (Å²) in [6, 6.07) is 0.524. The first-order valence-electron chi connectivity index (χ1n) is 8.53. The maximum atomic E-state index is 12.2. The third-order valence-electron chi connectivity index (χ3n) is 4.98. The number of aliphatic hydroxyl groups excluding tert-OH is 1. The van der Waals surface area contributed by atoms with Gasteiger partial charge in [-0.25, -0.2) is 4.98 Å². The van der Waals surface area contributed by atoms with Crippen molar-refractivity contribution in [3.63, 3.8) is 0 Å². The largest absolute Gasteiger partial charge is 0.391 e. The van der Waals surface area contributed by atoms with E-state index in [-0.39, 0.29) is 18.1 Å². The van der Waals surface area contributed by atoms with Gasteiger partial charge < -0.3 is 15.7 Å². The van der Waals surface area contributed by atoms with Gasteiger partial charge in [-0.15, -0.1) is 11.3 Å². The molecular formula is C16H26N4O2S. The second kappa shape index (κ2) is 7.59. The van der Waals surface area contributed by atoms with Gasteiger partial charge in [-0.3, -0.25) is 9.69 Å². The molecule has 2 aliphatic rings. The Morgan fingerprint density at radius 3 is 2.70 bits per heavy atom. The van der Waals surface area contributed by atoms with Crippen molar-refractivity contribution >= 4 is 22.4 Å². The van der Waals surface area contributed by atoms with Crippen LogP contribution in [0.15, 0.2) is 5.38 Å². The van der Waals surface area contributed by atoms with E-state index in [0.717, 1.165) is 50.3 Å². The molecule has 23 heavy (non-hydrogen) atoms. The number of piperidine rings is 1. The summed E-state index contributed by atoms with van der Waals surface area (Å²) in [5.41, 5.74) is 0.490. The van der Waals surface area contributed by atoms with Crippen molar-refractivity contribution in [3.05, 3.63) is 11.1 Å². The SMILES string of the molecule is CNc1nc(C(=O)NC2CCN(C3CCCCC3O)CC2)cs1. The van der Waals surface area contributed by atoms with Crippen LogP contribution in [0.4, 0.5) is 5.13 Å². The van der Waals surface area contributed by atoms with Crippen LogP contribution in [0.5, 0.6) is 0 Å². The summed E-state index contributed by atoms with van der Waals surface area (Å²) in [4.78, 5) is 18.9. The van der Waals surface area contributed by atoms with Crippen molar-refractivity contribution in [1.82, 2.24) is 15.2 Å². The van der Waals surface area contributed by atoms with Crippen LogP contribution in [0, 0.1) is 0 Å². The van der Waals surface area contributed by atoms with Crippen LogP contribution in [0.3, 0.4) is 0 Å². The molecule has 1 aromatic heterocycles. The number of carbonyl (C=O) groups excluding carboxylic acids is 1. The first-order chi connectivity index (χ1) is 11.2. The highest BCUT2D eigenvalue weighted by molar-refractivity contribution is 7.13. The van der Waals surface area contributed by atoms with Gasteiger partial charge in [0.15, 0.2) is 5.13 Å². The highest BCUT2D eigenvalue weighted by Crippen LogP contribution is 2.26. The lowest BCUT2D eigenvalue weighted by Gasteiger charge is -2.41. The van der Waals surface area contributed by atoms with Gasteiger partial charge >= 0.3 is 0 Å². The van der Waals surface area contributed by atoms with Gasteiger partial charge in [0.2, 0.25) is 0 Å². The summed E-state index contributed by atoms with van der Waals surface area (Å²) >= 11 is 1.44. The Balaban J connectivity index is 1.48. The number of hydrogen-bond acceptors (Lipinski definition) is 6. The molecule has 3 N–H and O–H groups in total. The van der Waals surface area contributed by atoms with E-state index in [1.54, 1.807) is 12.4 Å². The fourth-order valence-corrected chi connectivity index (χ4v) is 4.30. The topological polar surface area (TPSA) is 77.5 Å². The van der Waals surface area contributed by atoms with Crippen LogP contribution in [-0.4, -0.2) is 59.2 Å². The van der Waals surface area contributed by atoms with Crippen molar-refractivity contribution in [3.8, 4) is 0 Å². The van der Waals surface area contributed by atoms with Gasteiger partial charge in [0.25, 0.3) is 5.91 Å². The number of amides is 1. The van der Waals surface area contributed by atoms with E-state index in [9.17, 15) is 9.90 Å². The number of likely N-dealkylation sites (tertiary alicyclic amines) is 1. The third-order valence-corrected chi connectivity index (χ3v) is 5.84. The van der Waals surface area contributed by atoms with E-state index < -0.39 is 0 Å². The highest BCUT2D eigenvalue weighted by Gasteiger charge is 2.31. The lowest BCUT2D eigenvalue weighted by molar-refractivity contribution is 0.00726. The number of anilines is 1. The average Bonchev–Trinajstić information content (AvgIpc) is 3.05. The van der Waals surface area contributed by atoms with Crippen molar-refractivity contribution < 1.29 is 9.90 Å². The first kappa shape index (κ1) is 16.7. The van der Waals surface area contributed by atoms with E-state index in [2.05, 4.69) is 20.5 Å². The Hall–Kier alpha value is -1.18. The first-order valence-corrected chi connectivity index (χ1v) is 9.41. The minimum atomic E-state index is -0.176. The molecule has 1 aliphatic carbocycles. The van der Waals surface area contributed by atoms with E-state index in [4.69, 9.17) is 0 Å². The molecule has 7 heteroatoms. The molecule has 0 bridgehead atoms. The average molecular weight is 338 g/mol. The summed E-state index contributed by atoms with van der Waals surface area (Å²) in [7, 11) is 1.80. The van der Waals surface area contributed by atoms with Crippen molar-refractivity contribution in [2.45, 2.75) is 56.7 Å². The van der Waals surface area contributed by atoms with E-state index in [1.165, 1.54) is 17.8 Å². The molecule has 1 amide bonds. The van der Waals surface area contributed by atoms with Gasteiger partial charge in [0.1, 0.15) is 5.69 Å². The summed E-state index contributed by atoms with van der Waals surface area (Å²) in [6.07, 6.45) is 6.10. The highest BCUT2D eigenvalue weighted by atomic mass is 32.1. The molecule has 0 aromatic carbocycles. The standard InChI is InChI=1S/C16H26N4O2S/c1-17-16-19-12(10-23-16)15(22)18-11-6-8-20(9-7-11)13-4-2-3-5-14(13)21/h10-11,13-14,21H,2-9H2,1H3,(H,17,19)(H,18,22). The molecule has 1 saturated carbocycles. The summed E-state index contributed by atoms with van der Waals surface area (Å²) in [5, 5.41) is 18.8. The van der Waals surface area contributed by atoms with E-state index >= 15 is 0 Å². The molecule has 0 radical (unpaired) electrons. The maximum absolute atomic E-state index is 12.2. The number of nitrogens with one attached hydrogen (secondary N) is 2. The lowest BCUT2D eigenvalue weighted by atomic mass is 9.89. The molecule has 3 rings (SSSR count). The Morgan fingerprint density at radius 1 is 1.30 bits per heavy atom. The van der Waals surface area contributed by atoms with Crippen LogP contribution >= 0.6 is 11.3 Å². The zero-order valence-electron chi connectivity index (χ0n) is 13.6. The molecule has 2 atom stereocenters. The second-order valence-electron chi connectivity index (χ2n) is 6.49. The second-order valence-corrected chi connectivity index (χ2v) is 7.35.